The standard InChI is InChI=1S/C15H16BrFN2S/c1-10-3-2-4-12(7-10)20-9-15(19-18)13-8-11(16)5-6-14(13)17/h2-8,15,19H,9,18H2,1H3. The number of benzene rings is 2. The molecule has 3 N–H and O–H groups in total. The molecule has 1 unspecified atom stereocenters. The van der Waals surface area contributed by atoms with Gasteiger partial charge in [0.25, 0.3) is 0 Å². The molecule has 0 heterocycles. The summed E-state index contributed by atoms with van der Waals surface area (Å²) >= 11 is 5.01. The summed E-state index contributed by atoms with van der Waals surface area (Å²) in [5.41, 5.74) is 4.47. The Morgan fingerprint density at radius 2 is 2.10 bits per heavy atom. The molecule has 0 spiro atoms. The number of hydrogen-bond acceptors (Lipinski definition) is 3. The Morgan fingerprint density at radius 3 is 2.80 bits per heavy atom. The van der Waals surface area contributed by atoms with Crippen LogP contribution in [0.25, 0.3) is 0 Å². The molecule has 2 nitrogen and oxygen atoms in total. The van der Waals surface area contributed by atoms with Crippen LogP contribution >= 0.6 is 27.7 Å². The Hall–Kier alpha value is -0.880. The fraction of sp³-hybridized carbons (Fsp3) is 0.200. The fourth-order valence-corrected chi connectivity index (χ4v) is 3.35. The normalized spacial score (nSPS) is 12.4. The molecule has 2 aromatic rings. The first-order valence-corrected chi connectivity index (χ1v) is 7.98. The van der Waals surface area contributed by atoms with Gasteiger partial charge < -0.3 is 0 Å². The Labute approximate surface area is 131 Å². The third kappa shape index (κ3) is 4.06. The van der Waals surface area contributed by atoms with Gasteiger partial charge in [0, 0.05) is 20.7 Å². The number of nitrogens with one attached hydrogen (secondary N) is 1. The van der Waals surface area contributed by atoms with Crippen LogP contribution < -0.4 is 11.3 Å². The zero-order valence-electron chi connectivity index (χ0n) is 11.1. The first-order valence-electron chi connectivity index (χ1n) is 6.20. The summed E-state index contributed by atoms with van der Waals surface area (Å²) in [6.45, 7) is 2.05. The molecule has 106 valence electrons. The molecule has 0 saturated carbocycles. The molecule has 0 aliphatic heterocycles. The van der Waals surface area contributed by atoms with Gasteiger partial charge in [0.15, 0.2) is 0 Å². The smallest absolute Gasteiger partial charge is 0.128 e. The fourth-order valence-electron chi connectivity index (χ4n) is 1.89. The van der Waals surface area contributed by atoms with E-state index in [9.17, 15) is 4.39 Å². The molecule has 0 aliphatic rings. The van der Waals surface area contributed by atoms with E-state index in [1.165, 1.54) is 11.6 Å². The predicted octanol–water partition coefficient (Wildman–Crippen LogP) is 4.19. The SMILES string of the molecule is Cc1cccc(SCC(NN)c2cc(Br)ccc2F)c1. The molecule has 0 saturated heterocycles. The van der Waals surface area contributed by atoms with Crippen molar-refractivity contribution in [3.63, 3.8) is 0 Å². The van der Waals surface area contributed by atoms with Crippen LogP contribution in [0.5, 0.6) is 0 Å². The zero-order chi connectivity index (χ0) is 14.5. The monoisotopic (exact) mass is 354 g/mol. The second-order valence-electron chi connectivity index (χ2n) is 4.51. The second-order valence-corrected chi connectivity index (χ2v) is 6.52. The average Bonchev–Trinajstić information content (AvgIpc) is 2.43. The number of halogens is 2. The van der Waals surface area contributed by atoms with Gasteiger partial charge in [-0.15, -0.1) is 11.8 Å². The van der Waals surface area contributed by atoms with Crippen molar-refractivity contribution in [1.82, 2.24) is 5.43 Å². The summed E-state index contributed by atoms with van der Waals surface area (Å²) in [6, 6.07) is 12.9. The molecule has 0 aromatic heterocycles. The van der Waals surface area contributed by atoms with Crippen LogP contribution in [-0.4, -0.2) is 5.75 Å². The second kappa shape index (κ2) is 7.22. The maximum absolute atomic E-state index is 13.9. The molecule has 2 aromatic carbocycles. The average molecular weight is 355 g/mol. The third-order valence-electron chi connectivity index (χ3n) is 2.94. The summed E-state index contributed by atoms with van der Waals surface area (Å²) in [6.07, 6.45) is 0. The summed E-state index contributed by atoms with van der Waals surface area (Å²) in [4.78, 5) is 1.15. The molecule has 0 radical (unpaired) electrons. The molecule has 0 amide bonds. The molecule has 0 fully saturated rings. The molecular formula is C15H16BrFN2S. The highest BCUT2D eigenvalue weighted by Crippen LogP contribution is 2.28. The van der Waals surface area contributed by atoms with E-state index in [0.717, 1.165) is 9.37 Å². The number of aryl methyl sites for hydroxylation is 1. The lowest BCUT2D eigenvalue weighted by Gasteiger charge is -2.17. The Balaban J connectivity index is 2.11. The summed E-state index contributed by atoms with van der Waals surface area (Å²) in [5.74, 6) is 5.98. The third-order valence-corrected chi connectivity index (χ3v) is 4.52. The minimum Gasteiger partial charge on any atom is -0.271 e. The van der Waals surface area contributed by atoms with Crippen molar-refractivity contribution in [2.45, 2.75) is 17.9 Å². The molecular weight excluding hydrogens is 339 g/mol. The van der Waals surface area contributed by atoms with Crippen LogP contribution in [0.4, 0.5) is 4.39 Å². The highest BCUT2D eigenvalue weighted by atomic mass is 79.9. The minimum absolute atomic E-state index is 0.238. The van der Waals surface area contributed by atoms with Crippen molar-refractivity contribution < 1.29 is 4.39 Å². The van der Waals surface area contributed by atoms with E-state index in [4.69, 9.17) is 5.84 Å². The minimum atomic E-state index is -0.249. The molecule has 0 bridgehead atoms. The maximum Gasteiger partial charge on any atom is 0.128 e. The predicted molar refractivity (Wildman–Crippen MR) is 86.1 cm³/mol. The topological polar surface area (TPSA) is 38.0 Å². The van der Waals surface area contributed by atoms with Gasteiger partial charge in [0.05, 0.1) is 6.04 Å². The van der Waals surface area contributed by atoms with Crippen LogP contribution in [0.2, 0.25) is 0 Å². The number of hydrogen-bond donors (Lipinski definition) is 2. The zero-order valence-corrected chi connectivity index (χ0v) is 13.5. The quantitative estimate of drug-likeness (QED) is 0.480. The Bertz CT molecular complexity index is 592. The first kappa shape index (κ1) is 15.5. The maximum atomic E-state index is 13.9. The number of thioether (sulfide) groups is 1. The van der Waals surface area contributed by atoms with Crippen LogP contribution in [0, 0.1) is 12.7 Å². The largest absolute Gasteiger partial charge is 0.271 e. The van der Waals surface area contributed by atoms with Crippen molar-refractivity contribution in [3.05, 3.63) is 63.9 Å². The van der Waals surface area contributed by atoms with E-state index < -0.39 is 0 Å². The lowest BCUT2D eigenvalue weighted by atomic mass is 10.1. The van der Waals surface area contributed by atoms with Crippen LogP contribution in [0.15, 0.2) is 51.8 Å². The van der Waals surface area contributed by atoms with E-state index in [1.807, 2.05) is 12.1 Å². The van der Waals surface area contributed by atoms with Gasteiger partial charge in [0.1, 0.15) is 5.82 Å². The van der Waals surface area contributed by atoms with E-state index in [0.29, 0.717) is 11.3 Å². The Kier molecular flexibility index (Phi) is 5.60. The van der Waals surface area contributed by atoms with Gasteiger partial charge in [-0.2, -0.15) is 0 Å². The highest BCUT2D eigenvalue weighted by molar-refractivity contribution is 9.10. The van der Waals surface area contributed by atoms with Crippen molar-refractivity contribution >= 4 is 27.7 Å². The van der Waals surface area contributed by atoms with Gasteiger partial charge in [-0.25, -0.2) is 4.39 Å². The van der Waals surface area contributed by atoms with Crippen molar-refractivity contribution in [1.29, 1.82) is 0 Å². The van der Waals surface area contributed by atoms with E-state index in [2.05, 4.69) is 40.4 Å². The number of rotatable bonds is 5. The molecule has 1 atom stereocenters. The van der Waals surface area contributed by atoms with Crippen LogP contribution in [0.3, 0.4) is 0 Å². The lowest BCUT2D eigenvalue weighted by molar-refractivity contribution is 0.546. The van der Waals surface area contributed by atoms with Gasteiger partial charge >= 0.3 is 0 Å². The van der Waals surface area contributed by atoms with Gasteiger partial charge in [-0.05, 0) is 37.3 Å². The lowest BCUT2D eigenvalue weighted by Crippen LogP contribution is -2.30. The molecule has 20 heavy (non-hydrogen) atoms. The van der Waals surface area contributed by atoms with Crippen molar-refractivity contribution in [2.24, 2.45) is 5.84 Å². The Morgan fingerprint density at radius 1 is 1.30 bits per heavy atom. The summed E-state index contributed by atoms with van der Waals surface area (Å²) in [7, 11) is 0. The van der Waals surface area contributed by atoms with Crippen molar-refractivity contribution in [3.8, 4) is 0 Å². The van der Waals surface area contributed by atoms with Gasteiger partial charge in [0.2, 0.25) is 0 Å². The molecule has 0 aliphatic carbocycles. The molecule has 2 rings (SSSR count). The van der Waals surface area contributed by atoms with E-state index in [1.54, 1.807) is 23.9 Å². The first-order chi connectivity index (χ1) is 9.60. The molecule has 5 heteroatoms. The number of hydrazine groups is 1. The van der Waals surface area contributed by atoms with E-state index in [-0.39, 0.29) is 11.9 Å². The van der Waals surface area contributed by atoms with Gasteiger partial charge in [-0.3, -0.25) is 11.3 Å². The summed E-state index contributed by atoms with van der Waals surface area (Å²) < 4.78 is 14.7. The highest BCUT2D eigenvalue weighted by Gasteiger charge is 2.15. The van der Waals surface area contributed by atoms with Crippen LogP contribution in [-0.2, 0) is 0 Å². The van der Waals surface area contributed by atoms with E-state index >= 15 is 0 Å². The number of nitrogens with two attached hydrogens (primary N) is 1. The van der Waals surface area contributed by atoms with Crippen LogP contribution in [0.1, 0.15) is 17.2 Å². The summed E-state index contributed by atoms with van der Waals surface area (Å²) in [5, 5.41) is 0. The van der Waals surface area contributed by atoms with Crippen molar-refractivity contribution in [2.75, 3.05) is 5.75 Å². The van der Waals surface area contributed by atoms with Gasteiger partial charge in [-0.1, -0.05) is 33.6 Å².